The summed E-state index contributed by atoms with van der Waals surface area (Å²) >= 11 is 3.43. The summed E-state index contributed by atoms with van der Waals surface area (Å²) in [6.07, 6.45) is 0. The molecule has 0 bridgehead atoms. The SMILES string of the molecule is COC(C)(C)CNc1cccc(Br)c1. The van der Waals surface area contributed by atoms with Gasteiger partial charge in [-0.3, -0.25) is 0 Å². The molecular weight excluding hydrogens is 242 g/mol. The van der Waals surface area contributed by atoms with Crippen LogP contribution < -0.4 is 5.32 Å². The Morgan fingerprint density at radius 3 is 2.71 bits per heavy atom. The lowest BCUT2D eigenvalue weighted by atomic mass is 10.1. The average molecular weight is 258 g/mol. The van der Waals surface area contributed by atoms with Gasteiger partial charge in [0.1, 0.15) is 0 Å². The molecule has 3 heteroatoms. The van der Waals surface area contributed by atoms with Gasteiger partial charge in [-0.15, -0.1) is 0 Å². The highest BCUT2D eigenvalue weighted by atomic mass is 79.9. The van der Waals surface area contributed by atoms with Crippen LogP contribution in [0.1, 0.15) is 13.8 Å². The second kappa shape index (κ2) is 4.80. The molecule has 2 nitrogen and oxygen atoms in total. The Kier molecular flexibility index (Phi) is 3.96. The molecule has 0 unspecified atom stereocenters. The van der Waals surface area contributed by atoms with Gasteiger partial charge >= 0.3 is 0 Å². The Hall–Kier alpha value is -0.540. The quantitative estimate of drug-likeness (QED) is 0.894. The Balaban J connectivity index is 2.54. The number of ether oxygens (including phenoxy) is 1. The fourth-order valence-electron chi connectivity index (χ4n) is 0.986. The van der Waals surface area contributed by atoms with Crippen LogP contribution in [-0.4, -0.2) is 19.3 Å². The van der Waals surface area contributed by atoms with Crippen molar-refractivity contribution in [3.63, 3.8) is 0 Å². The van der Waals surface area contributed by atoms with E-state index in [1.165, 1.54) is 0 Å². The molecular formula is C11H16BrNO. The first-order chi connectivity index (χ1) is 6.53. The van der Waals surface area contributed by atoms with Gasteiger partial charge in [-0.05, 0) is 32.0 Å². The van der Waals surface area contributed by atoms with E-state index < -0.39 is 0 Å². The van der Waals surface area contributed by atoms with Crippen molar-refractivity contribution in [1.82, 2.24) is 0 Å². The molecule has 0 radical (unpaired) electrons. The number of anilines is 1. The van der Waals surface area contributed by atoms with Crippen LogP contribution in [0.25, 0.3) is 0 Å². The monoisotopic (exact) mass is 257 g/mol. The summed E-state index contributed by atoms with van der Waals surface area (Å²) in [5.41, 5.74) is 0.965. The molecule has 78 valence electrons. The van der Waals surface area contributed by atoms with E-state index in [0.29, 0.717) is 0 Å². The zero-order valence-electron chi connectivity index (χ0n) is 8.80. The lowest BCUT2D eigenvalue weighted by molar-refractivity contribution is 0.0344. The summed E-state index contributed by atoms with van der Waals surface area (Å²) in [6.45, 7) is 4.90. The van der Waals surface area contributed by atoms with E-state index in [1.54, 1.807) is 7.11 Å². The largest absolute Gasteiger partial charge is 0.382 e. The van der Waals surface area contributed by atoms with Crippen molar-refractivity contribution in [2.24, 2.45) is 0 Å². The number of hydrogen-bond donors (Lipinski definition) is 1. The van der Waals surface area contributed by atoms with Crippen LogP contribution in [0.15, 0.2) is 28.7 Å². The first-order valence-electron chi connectivity index (χ1n) is 4.58. The van der Waals surface area contributed by atoms with Gasteiger partial charge in [-0.1, -0.05) is 22.0 Å². The van der Waals surface area contributed by atoms with E-state index in [2.05, 4.69) is 35.1 Å². The first-order valence-corrected chi connectivity index (χ1v) is 5.37. The van der Waals surface area contributed by atoms with Crippen molar-refractivity contribution in [2.75, 3.05) is 19.0 Å². The number of benzene rings is 1. The summed E-state index contributed by atoms with van der Waals surface area (Å²) in [4.78, 5) is 0. The van der Waals surface area contributed by atoms with Crippen molar-refractivity contribution in [3.8, 4) is 0 Å². The lowest BCUT2D eigenvalue weighted by Gasteiger charge is -2.23. The summed E-state index contributed by atoms with van der Waals surface area (Å²) in [5.74, 6) is 0. The summed E-state index contributed by atoms with van der Waals surface area (Å²) in [6, 6.07) is 8.10. The van der Waals surface area contributed by atoms with Crippen LogP contribution in [-0.2, 0) is 4.74 Å². The molecule has 0 fully saturated rings. The van der Waals surface area contributed by atoms with Crippen LogP contribution in [0.4, 0.5) is 5.69 Å². The Morgan fingerprint density at radius 1 is 1.43 bits per heavy atom. The maximum Gasteiger partial charge on any atom is 0.0794 e. The highest BCUT2D eigenvalue weighted by Gasteiger charge is 2.15. The van der Waals surface area contributed by atoms with Crippen molar-refractivity contribution >= 4 is 21.6 Å². The lowest BCUT2D eigenvalue weighted by Crippen LogP contribution is -2.31. The molecule has 0 aliphatic rings. The molecule has 0 aliphatic heterocycles. The third-order valence-electron chi connectivity index (χ3n) is 2.10. The minimum Gasteiger partial charge on any atom is -0.382 e. The van der Waals surface area contributed by atoms with Crippen LogP contribution in [0.3, 0.4) is 0 Å². The zero-order valence-corrected chi connectivity index (χ0v) is 10.4. The van der Waals surface area contributed by atoms with Gasteiger partial charge in [-0.25, -0.2) is 0 Å². The summed E-state index contributed by atoms with van der Waals surface area (Å²) in [7, 11) is 1.72. The highest BCUT2D eigenvalue weighted by molar-refractivity contribution is 9.10. The van der Waals surface area contributed by atoms with Crippen LogP contribution in [0.5, 0.6) is 0 Å². The Labute approximate surface area is 93.8 Å². The molecule has 1 aromatic carbocycles. The molecule has 0 spiro atoms. The van der Waals surface area contributed by atoms with Crippen molar-refractivity contribution < 1.29 is 4.74 Å². The zero-order chi connectivity index (χ0) is 10.6. The third-order valence-corrected chi connectivity index (χ3v) is 2.59. The maximum atomic E-state index is 5.32. The molecule has 1 aromatic rings. The Bertz CT molecular complexity index is 299. The van der Waals surface area contributed by atoms with Gasteiger partial charge in [0.05, 0.1) is 5.60 Å². The first kappa shape index (κ1) is 11.5. The smallest absolute Gasteiger partial charge is 0.0794 e. The van der Waals surface area contributed by atoms with E-state index in [-0.39, 0.29) is 5.60 Å². The number of methoxy groups -OCH3 is 1. The van der Waals surface area contributed by atoms with E-state index in [4.69, 9.17) is 4.74 Å². The second-order valence-corrected chi connectivity index (χ2v) is 4.74. The average Bonchev–Trinajstić information content (AvgIpc) is 2.15. The van der Waals surface area contributed by atoms with Crippen molar-refractivity contribution in [1.29, 1.82) is 0 Å². The van der Waals surface area contributed by atoms with Crippen molar-refractivity contribution in [3.05, 3.63) is 28.7 Å². The van der Waals surface area contributed by atoms with Crippen molar-refractivity contribution in [2.45, 2.75) is 19.4 Å². The number of hydrogen-bond acceptors (Lipinski definition) is 2. The van der Waals surface area contributed by atoms with Gasteiger partial charge in [0.15, 0.2) is 0 Å². The molecule has 0 amide bonds. The third kappa shape index (κ3) is 3.68. The minimum absolute atomic E-state index is 0.137. The van der Waals surface area contributed by atoms with Crippen LogP contribution in [0, 0.1) is 0 Å². The van der Waals surface area contributed by atoms with Gasteiger partial charge in [0.25, 0.3) is 0 Å². The molecule has 1 rings (SSSR count). The number of rotatable bonds is 4. The van der Waals surface area contributed by atoms with Gasteiger partial charge in [-0.2, -0.15) is 0 Å². The molecule has 0 aliphatic carbocycles. The van der Waals surface area contributed by atoms with Gasteiger partial charge < -0.3 is 10.1 Å². The van der Waals surface area contributed by atoms with E-state index in [1.807, 2.05) is 24.3 Å². The molecule has 0 aromatic heterocycles. The van der Waals surface area contributed by atoms with Crippen LogP contribution in [0.2, 0.25) is 0 Å². The molecule has 0 atom stereocenters. The Morgan fingerprint density at radius 2 is 2.14 bits per heavy atom. The van der Waals surface area contributed by atoms with E-state index in [9.17, 15) is 0 Å². The topological polar surface area (TPSA) is 21.3 Å². The summed E-state index contributed by atoms with van der Waals surface area (Å²) in [5, 5.41) is 3.32. The highest BCUT2D eigenvalue weighted by Crippen LogP contribution is 2.17. The number of nitrogens with one attached hydrogen (secondary N) is 1. The predicted octanol–water partition coefficient (Wildman–Crippen LogP) is 3.29. The normalized spacial score (nSPS) is 11.4. The maximum absolute atomic E-state index is 5.32. The second-order valence-electron chi connectivity index (χ2n) is 3.83. The molecule has 0 saturated carbocycles. The summed E-state index contributed by atoms with van der Waals surface area (Å²) < 4.78 is 6.40. The molecule has 1 N–H and O–H groups in total. The van der Waals surface area contributed by atoms with E-state index >= 15 is 0 Å². The van der Waals surface area contributed by atoms with Crippen LogP contribution >= 0.6 is 15.9 Å². The minimum atomic E-state index is -0.137. The standard InChI is InChI=1S/C11H16BrNO/c1-11(2,14-3)8-13-10-6-4-5-9(12)7-10/h4-7,13H,8H2,1-3H3. The fraction of sp³-hybridized carbons (Fsp3) is 0.455. The molecule has 14 heavy (non-hydrogen) atoms. The fourth-order valence-corrected chi connectivity index (χ4v) is 1.38. The number of halogens is 1. The van der Waals surface area contributed by atoms with E-state index in [0.717, 1.165) is 16.7 Å². The molecule has 0 heterocycles. The van der Waals surface area contributed by atoms with Gasteiger partial charge in [0.2, 0.25) is 0 Å². The molecule has 0 saturated heterocycles. The van der Waals surface area contributed by atoms with Gasteiger partial charge in [0, 0.05) is 23.8 Å². The predicted molar refractivity (Wildman–Crippen MR) is 63.7 cm³/mol.